The number of amides is 1. The monoisotopic (exact) mass is 222 g/mol. The molecule has 0 aliphatic heterocycles. The summed E-state index contributed by atoms with van der Waals surface area (Å²) in [6.07, 6.45) is 0. The molecule has 0 aliphatic carbocycles. The number of ether oxygens (including phenoxy) is 1. The Morgan fingerprint density at radius 3 is 2.88 bits per heavy atom. The highest BCUT2D eigenvalue weighted by molar-refractivity contribution is 5.77. The minimum atomic E-state index is -0.0188. The minimum Gasteiger partial charge on any atom is -0.497 e. The maximum Gasteiger partial charge on any atom is 0.233 e. The number of carbonyl (C=O) groups excluding carboxylic acids is 1. The molecule has 16 heavy (non-hydrogen) atoms. The maximum absolute atomic E-state index is 11.1. The molecule has 0 spiro atoms. The second-order valence-corrected chi connectivity index (χ2v) is 3.55. The lowest BCUT2D eigenvalue weighted by Gasteiger charge is -2.14. The molecular formula is C12H18N2O2. The highest BCUT2D eigenvalue weighted by Gasteiger charge is 2.07. The Hall–Kier alpha value is -1.55. The van der Waals surface area contributed by atoms with E-state index >= 15 is 0 Å². The van der Waals surface area contributed by atoms with Gasteiger partial charge in [0.2, 0.25) is 5.91 Å². The first-order chi connectivity index (χ1) is 7.67. The molecule has 0 fully saturated rings. The average molecular weight is 222 g/mol. The summed E-state index contributed by atoms with van der Waals surface area (Å²) in [5.41, 5.74) is 1.10. The summed E-state index contributed by atoms with van der Waals surface area (Å²) in [5, 5.41) is 5.70. The topological polar surface area (TPSA) is 50.4 Å². The van der Waals surface area contributed by atoms with E-state index in [4.69, 9.17) is 4.74 Å². The summed E-state index contributed by atoms with van der Waals surface area (Å²) < 4.78 is 5.14. The van der Waals surface area contributed by atoms with Gasteiger partial charge in [-0.2, -0.15) is 0 Å². The van der Waals surface area contributed by atoms with Crippen molar-refractivity contribution >= 4 is 5.91 Å². The van der Waals surface area contributed by atoms with Gasteiger partial charge in [0.25, 0.3) is 0 Å². The van der Waals surface area contributed by atoms with Crippen molar-refractivity contribution in [3.8, 4) is 5.75 Å². The van der Waals surface area contributed by atoms with E-state index in [-0.39, 0.29) is 11.9 Å². The number of likely N-dealkylation sites (N-methyl/N-ethyl adjacent to an activating group) is 1. The standard InChI is InChI=1S/C12H18N2O2/c1-9(14-8-12(15)13-2)10-5-4-6-11(7-10)16-3/h4-7,9,14H,8H2,1-3H3,(H,13,15)/t9-/m0/s1. The van der Waals surface area contributed by atoms with Gasteiger partial charge in [0, 0.05) is 13.1 Å². The van der Waals surface area contributed by atoms with Crippen LogP contribution >= 0.6 is 0 Å². The molecular weight excluding hydrogens is 204 g/mol. The van der Waals surface area contributed by atoms with Gasteiger partial charge in [0.05, 0.1) is 13.7 Å². The van der Waals surface area contributed by atoms with E-state index in [0.717, 1.165) is 11.3 Å². The second kappa shape index (κ2) is 6.12. The van der Waals surface area contributed by atoms with Crippen molar-refractivity contribution < 1.29 is 9.53 Å². The van der Waals surface area contributed by atoms with E-state index in [1.807, 2.05) is 31.2 Å². The van der Waals surface area contributed by atoms with Crippen molar-refractivity contribution in [3.63, 3.8) is 0 Å². The van der Waals surface area contributed by atoms with Gasteiger partial charge in [-0.1, -0.05) is 12.1 Å². The van der Waals surface area contributed by atoms with Crippen molar-refractivity contribution in [2.24, 2.45) is 0 Å². The first-order valence-electron chi connectivity index (χ1n) is 5.25. The van der Waals surface area contributed by atoms with Crippen LogP contribution in [-0.4, -0.2) is 26.6 Å². The molecule has 1 rings (SSSR count). The predicted octanol–water partition coefficient (Wildman–Crippen LogP) is 1.09. The molecule has 4 nitrogen and oxygen atoms in total. The smallest absolute Gasteiger partial charge is 0.233 e. The molecule has 0 bridgehead atoms. The van der Waals surface area contributed by atoms with Crippen LogP contribution < -0.4 is 15.4 Å². The van der Waals surface area contributed by atoms with E-state index in [2.05, 4.69) is 10.6 Å². The lowest BCUT2D eigenvalue weighted by molar-refractivity contribution is -0.119. The summed E-state index contributed by atoms with van der Waals surface area (Å²) in [7, 11) is 3.27. The molecule has 1 amide bonds. The van der Waals surface area contributed by atoms with Crippen LogP contribution in [0.4, 0.5) is 0 Å². The van der Waals surface area contributed by atoms with E-state index < -0.39 is 0 Å². The highest BCUT2D eigenvalue weighted by atomic mass is 16.5. The number of carbonyl (C=O) groups is 1. The van der Waals surface area contributed by atoms with Gasteiger partial charge in [-0.25, -0.2) is 0 Å². The molecule has 4 heteroatoms. The van der Waals surface area contributed by atoms with Crippen molar-refractivity contribution in [2.75, 3.05) is 20.7 Å². The zero-order valence-corrected chi connectivity index (χ0v) is 9.91. The van der Waals surface area contributed by atoms with Crippen LogP contribution in [0.2, 0.25) is 0 Å². The Balaban J connectivity index is 2.58. The number of rotatable bonds is 5. The van der Waals surface area contributed by atoms with Gasteiger partial charge < -0.3 is 15.4 Å². The van der Waals surface area contributed by atoms with Crippen molar-refractivity contribution in [1.29, 1.82) is 0 Å². The quantitative estimate of drug-likeness (QED) is 0.784. The third kappa shape index (κ3) is 3.55. The van der Waals surface area contributed by atoms with Gasteiger partial charge >= 0.3 is 0 Å². The van der Waals surface area contributed by atoms with Crippen LogP contribution in [0, 0.1) is 0 Å². The average Bonchev–Trinajstić information content (AvgIpc) is 2.35. The molecule has 0 aliphatic rings. The molecule has 0 radical (unpaired) electrons. The van der Waals surface area contributed by atoms with Gasteiger partial charge in [-0.15, -0.1) is 0 Å². The Bertz CT molecular complexity index is 353. The number of methoxy groups -OCH3 is 1. The third-order valence-corrected chi connectivity index (χ3v) is 2.44. The lowest BCUT2D eigenvalue weighted by Crippen LogP contribution is -2.32. The number of hydrogen-bond donors (Lipinski definition) is 2. The normalized spacial score (nSPS) is 11.9. The largest absolute Gasteiger partial charge is 0.497 e. The van der Waals surface area contributed by atoms with E-state index in [1.165, 1.54) is 0 Å². The molecule has 88 valence electrons. The van der Waals surface area contributed by atoms with E-state index in [9.17, 15) is 4.79 Å². The number of nitrogens with one attached hydrogen (secondary N) is 2. The van der Waals surface area contributed by atoms with Crippen LogP contribution in [0.15, 0.2) is 24.3 Å². The fraction of sp³-hybridized carbons (Fsp3) is 0.417. The SMILES string of the molecule is CNC(=O)CN[C@@H](C)c1cccc(OC)c1. The summed E-state index contributed by atoms with van der Waals surface area (Å²) in [6.45, 7) is 2.33. The molecule has 0 aromatic heterocycles. The van der Waals surface area contributed by atoms with E-state index in [1.54, 1.807) is 14.2 Å². The number of benzene rings is 1. The van der Waals surface area contributed by atoms with Crippen molar-refractivity contribution in [1.82, 2.24) is 10.6 Å². The zero-order valence-electron chi connectivity index (χ0n) is 9.91. The van der Waals surface area contributed by atoms with Crippen LogP contribution in [0.5, 0.6) is 5.75 Å². The van der Waals surface area contributed by atoms with E-state index in [0.29, 0.717) is 6.54 Å². The summed E-state index contributed by atoms with van der Waals surface area (Å²) in [4.78, 5) is 11.1. The molecule has 0 saturated carbocycles. The zero-order chi connectivity index (χ0) is 12.0. The predicted molar refractivity (Wildman–Crippen MR) is 63.5 cm³/mol. The summed E-state index contributed by atoms with van der Waals surface area (Å²) in [6, 6.07) is 7.92. The van der Waals surface area contributed by atoms with Gasteiger partial charge in [-0.3, -0.25) is 4.79 Å². The molecule has 1 atom stereocenters. The van der Waals surface area contributed by atoms with Crippen LogP contribution in [0.1, 0.15) is 18.5 Å². The minimum absolute atomic E-state index is 0.0188. The van der Waals surface area contributed by atoms with Crippen LogP contribution in [-0.2, 0) is 4.79 Å². The number of hydrogen-bond acceptors (Lipinski definition) is 3. The molecule has 0 unspecified atom stereocenters. The first kappa shape index (κ1) is 12.5. The fourth-order valence-corrected chi connectivity index (χ4v) is 1.36. The molecule has 0 heterocycles. The second-order valence-electron chi connectivity index (χ2n) is 3.55. The van der Waals surface area contributed by atoms with Gasteiger partial charge in [0.15, 0.2) is 0 Å². The van der Waals surface area contributed by atoms with Crippen LogP contribution in [0.25, 0.3) is 0 Å². The summed E-state index contributed by atoms with van der Waals surface area (Å²) in [5.74, 6) is 0.806. The van der Waals surface area contributed by atoms with Gasteiger partial charge in [-0.05, 0) is 24.6 Å². The van der Waals surface area contributed by atoms with Crippen LogP contribution in [0.3, 0.4) is 0 Å². The lowest BCUT2D eigenvalue weighted by atomic mass is 10.1. The Kier molecular flexibility index (Phi) is 4.79. The first-order valence-corrected chi connectivity index (χ1v) is 5.25. The summed E-state index contributed by atoms with van der Waals surface area (Å²) >= 11 is 0. The Morgan fingerprint density at radius 2 is 2.25 bits per heavy atom. The Morgan fingerprint density at radius 1 is 1.50 bits per heavy atom. The molecule has 1 aromatic rings. The maximum atomic E-state index is 11.1. The Labute approximate surface area is 96.0 Å². The van der Waals surface area contributed by atoms with Crippen molar-refractivity contribution in [2.45, 2.75) is 13.0 Å². The van der Waals surface area contributed by atoms with Crippen molar-refractivity contribution in [3.05, 3.63) is 29.8 Å². The molecule has 1 aromatic carbocycles. The fourth-order valence-electron chi connectivity index (χ4n) is 1.36. The third-order valence-electron chi connectivity index (χ3n) is 2.44. The highest BCUT2D eigenvalue weighted by Crippen LogP contribution is 2.18. The van der Waals surface area contributed by atoms with Gasteiger partial charge in [0.1, 0.15) is 5.75 Å². The molecule has 2 N–H and O–H groups in total. The molecule has 0 saturated heterocycles.